The first-order chi connectivity index (χ1) is 14.0. The predicted molar refractivity (Wildman–Crippen MR) is 117 cm³/mol. The van der Waals surface area contributed by atoms with E-state index in [1.54, 1.807) is 29.2 Å². The summed E-state index contributed by atoms with van der Waals surface area (Å²) in [6.07, 6.45) is 0. The van der Waals surface area contributed by atoms with Crippen molar-refractivity contribution >= 4 is 33.4 Å². The van der Waals surface area contributed by atoms with Crippen molar-refractivity contribution in [2.24, 2.45) is 0 Å². The number of hydrogen-bond acceptors (Lipinski definition) is 4. The number of ketones is 1. The summed E-state index contributed by atoms with van der Waals surface area (Å²) in [6, 6.07) is 15.8. The van der Waals surface area contributed by atoms with Crippen molar-refractivity contribution in [2.45, 2.75) is 19.9 Å². The Morgan fingerprint density at radius 3 is 2.24 bits per heavy atom. The minimum absolute atomic E-state index is 0.142. The van der Waals surface area contributed by atoms with E-state index in [-0.39, 0.29) is 11.3 Å². The van der Waals surface area contributed by atoms with Crippen LogP contribution in [0.15, 0.2) is 64.6 Å². The largest absolute Gasteiger partial charge is 0.507 e. The number of likely N-dealkylation sites (tertiary alicyclic amines) is 1. The molecule has 1 aliphatic rings. The fraction of sp³-hybridized carbons (Fsp3) is 0.304. The maximum absolute atomic E-state index is 12.9. The molecule has 0 spiro atoms. The maximum Gasteiger partial charge on any atom is 0.295 e. The van der Waals surface area contributed by atoms with Gasteiger partial charge in [0.2, 0.25) is 0 Å². The van der Waals surface area contributed by atoms with Crippen LogP contribution in [0.2, 0.25) is 0 Å². The summed E-state index contributed by atoms with van der Waals surface area (Å²) in [6.45, 7) is 6.97. The SMILES string of the molecule is CCN(CC)CCN1C(=O)C(=O)/C(=C(/O)c2ccc(Br)cc2)C1c1ccccc1. The Labute approximate surface area is 179 Å². The van der Waals surface area contributed by atoms with Crippen LogP contribution in [0.4, 0.5) is 0 Å². The Morgan fingerprint density at radius 2 is 1.66 bits per heavy atom. The number of Topliss-reactive ketones (excluding diaryl/α,β-unsaturated/α-hetero) is 1. The van der Waals surface area contributed by atoms with E-state index >= 15 is 0 Å². The van der Waals surface area contributed by atoms with Gasteiger partial charge in [0, 0.05) is 23.1 Å². The molecular weight excluding hydrogens is 432 g/mol. The molecule has 152 valence electrons. The highest BCUT2D eigenvalue weighted by Crippen LogP contribution is 2.39. The summed E-state index contributed by atoms with van der Waals surface area (Å²) in [4.78, 5) is 29.6. The van der Waals surface area contributed by atoms with Gasteiger partial charge in [-0.3, -0.25) is 9.59 Å². The quantitative estimate of drug-likeness (QED) is 0.385. The lowest BCUT2D eigenvalue weighted by Gasteiger charge is -2.28. The van der Waals surface area contributed by atoms with E-state index in [0.717, 1.165) is 23.1 Å². The predicted octanol–water partition coefficient (Wildman–Crippen LogP) is 4.21. The number of nitrogens with zero attached hydrogens (tertiary/aromatic N) is 2. The fourth-order valence-corrected chi connectivity index (χ4v) is 3.91. The van der Waals surface area contributed by atoms with Gasteiger partial charge in [0.15, 0.2) is 0 Å². The molecule has 0 radical (unpaired) electrons. The number of amides is 1. The molecule has 5 nitrogen and oxygen atoms in total. The molecule has 2 aromatic carbocycles. The Kier molecular flexibility index (Phi) is 6.87. The number of carbonyl (C=O) groups is 2. The standard InChI is InChI=1S/C23H25BrN2O3/c1-3-25(4-2)14-15-26-20(16-8-6-5-7-9-16)19(22(28)23(26)29)21(27)17-10-12-18(24)13-11-17/h5-13,20,27H,3-4,14-15H2,1-2H3/b21-19+. The number of carbonyl (C=O) groups excluding carboxylic acids is 2. The highest BCUT2D eigenvalue weighted by atomic mass is 79.9. The van der Waals surface area contributed by atoms with Gasteiger partial charge in [-0.05, 0) is 30.8 Å². The van der Waals surface area contributed by atoms with Crippen molar-refractivity contribution in [3.63, 3.8) is 0 Å². The molecule has 1 heterocycles. The minimum Gasteiger partial charge on any atom is -0.507 e. The number of aliphatic hydroxyl groups is 1. The van der Waals surface area contributed by atoms with Crippen LogP contribution in [0.25, 0.3) is 5.76 Å². The van der Waals surface area contributed by atoms with Crippen LogP contribution in [-0.4, -0.2) is 52.8 Å². The monoisotopic (exact) mass is 456 g/mol. The van der Waals surface area contributed by atoms with Gasteiger partial charge in [0.1, 0.15) is 5.76 Å². The van der Waals surface area contributed by atoms with Gasteiger partial charge < -0.3 is 14.9 Å². The lowest BCUT2D eigenvalue weighted by molar-refractivity contribution is -0.140. The second kappa shape index (κ2) is 9.37. The normalized spacial score (nSPS) is 18.6. The van der Waals surface area contributed by atoms with Crippen LogP contribution in [0.1, 0.15) is 31.0 Å². The smallest absolute Gasteiger partial charge is 0.295 e. The lowest BCUT2D eigenvalue weighted by atomic mass is 9.95. The number of halogens is 1. The van der Waals surface area contributed by atoms with Crippen molar-refractivity contribution < 1.29 is 14.7 Å². The molecule has 0 bridgehead atoms. The Bertz CT molecular complexity index is 905. The number of aliphatic hydroxyl groups excluding tert-OH is 1. The van der Waals surface area contributed by atoms with Crippen molar-refractivity contribution in [3.8, 4) is 0 Å². The topological polar surface area (TPSA) is 60.9 Å². The van der Waals surface area contributed by atoms with Crippen molar-refractivity contribution in [2.75, 3.05) is 26.2 Å². The lowest BCUT2D eigenvalue weighted by Crippen LogP contribution is -2.38. The van der Waals surface area contributed by atoms with E-state index in [9.17, 15) is 14.7 Å². The summed E-state index contributed by atoms with van der Waals surface area (Å²) < 4.78 is 0.869. The molecule has 6 heteroatoms. The molecule has 0 aromatic heterocycles. The van der Waals surface area contributed by atoms with Crippen LogP contribution in [0.5, 0.6) is 0 Å². The fourth-order valence-electron chi connectivity index (χ4n) is 3.64. The molecule has 1 N–H and O–H groups in total. The van der Waals surface area contributed by atoms with Gasteiger partial charge in [-0.2, -0.15) is 0 Å². The molecule has 1 fully saturated rings. The highest BCUT2D eigenvalue weighted by Gasteiger charge is 2.45. The molecule has 1 saturated heterocycles. The van der Waals surface area contributed by atoms with Gasteiger partial charge in [-0.25, -0.2) is 0 Å². The van der Waals surface area contributed by atoms with Gasteiger partial charge >= 0.3 is 0 Å². The molecule has 0 saturated carbocycles. The Balaban J connectivity index is 2.06. The summed E-state index contributed by atoms with van der Waals surface area (Å²) in [7, 11) is 0. The summed E-state index contributed by atoms with van der Waals surface area (Å²) in [5.41, 5.74) is 1.46. The van der Waals surface area contributed by atoms with E-state index in [1.807, 2.05) is 30.3 Å². The van der Waals surface area contributed by atoms with E-state index < -0.39 is 17.7 Å². The minimum atomic E-state index is -0.640. The average molecular weight is 457 g/mol. The van der Waals surface area contributed by atoms with Gasteiger partial charge in [0.25, 0.3) is 11.7 Å². The molecule has 1 aliphatic heterocycles. The van der Waals surface area contributed by atoms with Gasteiger partial charge in [0.05, 0.1) is 11.6 Å². The van der Waals surface area contributed by atoms with Crippen molar-refractivity contribution in [3.05, 3.63) is 75.8 Å². The zero-order chi connectivity index (χ0) is 21.0. The number of benzene rings is 2. The van der Waals surface area contributed by atoms with E-state index in [4.69, 9.17) is 0 Å². The number of hydrogen-bond donors (Lipinski definition) is 1. The van der Waals surface area contributed by atoms with Crippen LogP contribution in [0, 0.1) is 0 Å². The second-order valence-corrected chi connectivity index (χ2v) is 7.85. The van der Waals surface area contributed by atoms with Crippen LogP contribution in [-0.2, 0) is 9.59 Å². The molecule has 2 aromatic rings. The Hall–Kier alpha value is -2.44. The summed E-state index contributed by atoms with van der Waals surface area (Å²) in [5, 5.41) is 11.0. The van der Waals surface area contributed by atoms with Gasteiger partial charge in [-0.1, -0.05) is 72.2 Å². The average Bonchev–Trinajstić information content (AvgIpc) is 3.00. The summed E-state index contributed by atoms with van der Waals surface area (Å²) in [5.74, 6) is -1.35. The van der Waals surface area contributed by atoms with Crippen LogP contribution >= 0.6 is 15.9 Å². The first kappa shape index (κ1) is 21.3. The molecule has 29 heavy (non-hydrogen) atoms. The maximum atomic E-state index is 12.9. The number of rotatable bonds is 7. The second-order valence-electron chi connectivity index (χ2n) is 6.94. The number of likely N-dealkylation sites (N-methyl/N-ethyl adjacent to an activating group) is 1. The van der Waals surface area contributed by atoms with E-state index in [0.29, 0.717) is 18.7 Å². The first-order valence-electron chi connectivity index (χ1n) is 9.79. The third-order valence-electron chi connectivity index (χ3n) is 5.32. The molecule has 1 unspecified atom stereocenters. The zero-order valence-electron chi connectivity index (χ0n) is 16.6. The van der Waals surface area contributed by atoms with Crippen LogP contribution < -0.4 is 0 Å². The molecular formula is C23H25BrN2O3. The summed E-state index contributed by atoms with van der Waals surface area (Å²) >= 11 is 3.37. The van der Waals surface area contributed by atoms with Gasteiger partial charge in [-0.15, -0.1) is 0 Å². The Morgan fingerprint density at radius 1 is 1.03 bits per heavy atom. The van der Waals surface area contributed by atoms with E-state index in [2.05, 4.69) is 34.7 Å². The molecule has 0 aliphatic carbocycles. The first-order valence-corrected chi connectivity index (χ1v) is 10.6. The molecule has 1 amide bonds. The van der Waals surface area contributed by atoms with Crippen molar-refractivity contribution in [1.29, 1.82) is 0 Å². The van der Waals surface area contributed by atoms with E-state index in [1.165, 1.54) is 0 Å². The van der Waals surface area contributed by atoms with Crippen molar-refractivity contribution in [1.82, 2.24) is 9.80 Å². The molecule has 1 atom stereocenters. The zero-order valence-corrected chi connectivity index (χ0v) is 18.2. The highest BCUT2D eigenvalue weighted by molar-refractivity contribution is 9.10. The van der Waals surface area contributed by atoms with Crippen LogP contribution in [0.3, 0.4) is 0 Å². The third-order valence-corrected chi connectivity index (χ3v) is 5.85. The molecule has 3 rings (SSSR count). The third kappa shape index (κ3) is 4.43.